The van der Waals surface area contributed by atoms with Crippen molar-refractivity contribution in [2.24, 2.45) is 10.7 Å². The van der Waals surface area contributed by atoms with E-state index in [0.29, 0.717) is 18.1 Å². The van der Waals surface area contributed by atoms with Crippen molar-refractivity contribution in [3.05, 3.63) is 47.9 Å². The van der Waals surface area contributed by atoms with Gasteiger partial charge in [0.15, 0.2) is 11.6 Å². The van der Waals surface area contributed by atoms with E-state index in [1.807, 2.05) is 25.1 Å². The van der Waals surface area contributed by atoms with Crippen LogP contribution in [0.5, 0.6) is 0 Å². The lowest BCUT2D eigenvalue weighted by atomic mass is 9.98. The summed E-state index contributed by atoms with van der Waals surface area (Å²) in [6.45, 7) is 2.52. The number of hydrogen-bond acceptors (Lipinski definition) is 5. The second-order valence-electron chi connectivity index (χ2n) is 4.89. The number of pyridine rings is 1. The molecule has 3 rings (SSSR count). The largest absolute Gasteiger partial charge is 0.493 e. The maximum Gasteiger partial charge on any atom is 0.161 e. The van der Waals surface area contributed by atoms with E-state index in [1.54, 1.807) is 19.5 Å². The number of nitrogens with zero attached hydrogens (tertiary/aromatic N) is 3. The van der Waals surface area contributed by atoms with E-state index < -0.39 is 0 Å². The topological polar surface area (TPSA) is 89.2 Å². The van der Waals surface area contributed by atoms with E-state index in [1.165, 1.54) is 0 Å². The number of aromatic amines is 1. The Kier molecular flexibility index (Phi) is 3.43. The first-order valence-corrected chi connectivity index (χ1v) is 6.72. The van der Waals surface area contributed by atoms with Gasteiger partial charge in [0.05, 0.1) is 25.0 Å². The molecule has 6 nitrogen and oxygen atoms in total. The number of nitrogens with two attached hydrogens (primary N) is 1. The summed E-state index contributed by atoms with van der Waals surface area (Å²) in [5.74, 6) is 1.98. The molecule has 0 radical (unpaired) electrons. The van der Waals surface area contributed by atoms with Crippen molar-refractivity contribution in [2.45, 2.75) is 12.8 Å². The Morgan fingerprint density at radius 1 is 1.33 bits per heavy atom. The number of amidine groups is 1. The molecule has 0 aliphatic carbocycles. The fraction of sp³-hybridized carbons (Fsp3) is 0.267. The van der Waals surface area contributed by atoms with Gasteiger partial charge in [-0.15, -0.1) is 0 Å². The lowest BCUT2D eigenvalue weighted by Gasteiger charge is -2.18. The number of dihydropyridines is 1. The fourth-order valence-electron chi connectivity index (χ4n) is 2.45. The average molecular weight is 283 g/mol. The van der Waals surface area contributed by atoms with E-state index in [2.05, 4.69) is 19.9 Å². The van der Waals surface area contributed by atoms with Crippen LogP contribution in [0.3, 0.4) is 0 Å². The van der Waals surface area contributed by atoms with Crippen molar-refractivity contribution >= 4 is 5.84 Å². The number of imidazole rings is 1. The van der Waals surface area contributed by atoms with Gasteiger partial charge in [-0.25, -0.2) is 4.98 Å². The van der Waals surface area contributed by atoms with Crippen LogP contribution in [0, 0.1) is 6.92 Å². The van der Waals surface area contributed by atoms with Crippen LogP contribution >= 0.6 is 0 Å². The van der Waals surface area contributed by atoms with Crippen molar-refractivity contribution < 1.29 is 4.74 Å². The van der Waals surface area contributed by atoms with Crippen LogP contribution in [0.1, 0.15) is 17.4 Å². The Hall–Kier alpha value is -2.63. The van der Waals surface area contributed by atoms with Crippen molar-refractivity contribution in [1.82, 2.24) is 15.0 Å². The standard InChI is InChI=1S/C15H17N5O/c1-9-19-13(10-3-5-17-6-4-10)14(20-9)11-7-12(21-2)15(16)18-8-11/h3-7,11H,8H2,1-2H3,(H2,16,18)(H,19,20). The number of rotatable bonds is 3. The summed E-state index contributed by atoms with van der Waals surface area (Å²) in [5.41, 5.74) is 8.77. The van der Waals surface area contributed by atoms with Crippen LogP contribution < -0.4 is 5.73 Å². The molecule has 21 heavy (non-hydrogen) atoms. The Morgan fingerprint density at radius 2 is 2.10 bits per heavy atom. The maximum atomic E-state index is 5.81. The molecule has 0 bridgehead atoms. The molecule has 0 fully saturated rings. The van der Waals surface area contributed by atoms with Gasteiger partial charge >= 0.3 is 0 Å². The number of aliphatic imine (C=N–C) groups is 1. The molecule has 3 N–H and O–H groups in total. The summed E-state index contributed by atoms with van der Waals surface area (Å²) in [6.07, 6.45) is 5.51. The molecular weight excluding hydrogens is 266 g/mol. The summed E-state index contributed by atoms with van der Waals surface area (Å²) in [4.78, 5) is 16.3. The lowest BCUT2D eigenvalue weighted by molar-refractivity contribution is 0.309. The molecule has 0 aromatic carbocycles. The highest BCUT2D eigenvalue weighted by Crippen LogP contribution is 2.30. The average Bonchev–Trinajstić information content (AvgIpc) is 2.90. The molecule has 1 unspecified atom stereocenters. The second-order valence-corrected chi connectivity index (χ2v) is 4.89. The van der Waals surface area contributed by atoms with Gasteiger partial charge in [0.1, 0.15) is 5.82 Å². The van der Waals surface area contributed by atoms with Crippen LogP contribution in [-0.4, -0.2) is 34.4 Å². The predicted molar refractivity (Wildman–Crippen MR) is 80.9 cm³/mol. The Morgan fingerprint density at radius 3 is 2.81 bits per heavy atom. The molecule has 6 heteroatoms. The molecule has 1 aliphatic heterocycles. The number of aromatic nitrogens is 3. The van der Waals surface area contributed by atoms with Crippen LogP contribution in [0.2, 0.25) is 0 Å². The van der Waals surface area contributed by atoms with Gasteiger partial charge in [0.25, 0.3) is 0 Å². The molecule has 0 amide bonds. The van der Waals surface area contributed by atoms with Crippen LogP contribution in [0.25, 0.3) is 11.3 Å². The molecule has 1 aliphatic rings. The summed E-state index contributed by atoms with van der Waals surface area (Å²) in [6, 6.07) is 3.89. The summed E-state index contributed by atoms with van der Waals surface area (Å²) in [5, 5.41) is 0. The normalized spacial score (nSPS) is 18.1. The summed E-state index contributed by atoms with van der Waals surface area (Å²) >= 11 is 0. The van der Waals surface area contributed by atoms with Crippen molar-refractivity contribution in [2.75, 3.05) is 13.7 Å². The van der Waals surface area contributed by atoms with E-state index in [4.69, 9.17) is 10.5 Å². The molecule has 1 atom stereocenters. The Bertz CT molecular complexity index is 702. The zero-order chi connectivity index (χ0) is 14.8. The number of nitrogens with one attached hydrogen (secondary N) is 1. The first-order valence-electron chi connectivity index (χ1n) is 6.72. The fourth-order valence-corrected chi connectivity index (χ4v) is 2.45. The van der Waals surface area contributed by atoms with Crippen LogP contribution in [0.15, 0.2) is 41.4 Å². The lowest BCUT2D eigenvalue weighted by Crippen LogP contribution is -2.23. The van der Waals surface area contributed by atoms with Gasteiger partial charge in [-0.3, -0.25) is 9.98 Å². The van der Waals surface area contributed by atoms with E-state index >= 15 is 0 Å². The molecule has 0 saturated heterocycles. The Labute approximate surface area is 122 Å². The SMILES string of the molecule is COC1=CC(c2[nH]c(C)nc2-c2ccncc2)CN=C1N. The van der Waals surface area contributed by atoms with Gasteiger partial charge in [-0.05, 0) is 25.1 Å². The first-order chi connectivity index (χ1) is 10.2. The minimum Gasteiger partial charge on any atom is -0.493 e. The number of methoxy groups -OCH3 is 1. The zero-order valence-corrected chi connectivity index (χ0v) is 12.0. The highest BCUT2D eigenvalue weighted by atomic mass is 16.5. The van der Waals surface area contributed by atoms with E-state index in [9.17, 15) is 0 Å². The van der Waals surface area contributed by atoms with Gasteiger partial charge < -0.3 is 15.5 Å². The molecule has 0 saturated carbocycles. The van der Waals surface area contributed by atoms with Gasteiger partial charge in [-0.1, -0.05) is 0 Å². The van der Waals surface area contributed by atoms with Gasteiger partial charge in [0.2, 0.25) is 0 Å². The van der Waals surface area contributed by atoms with Gasteiger partial charge in [-0.2, -0.15) is 0 Å². The van der Waals surface area contributed by atoms with Gasteiger partial charge in [0, 0.05) is 23.9 Å². The second kappa shape index (κ2) is 5.40. The Balaban J connectivity index is 2.03. The van der Waals surface area contributed by atoms with Crippen LogP contribution in [0.4, 0.5) is 0 Å². The predicted octanol–water partition coefficient (Wildman–Crippen LogP) is 1.76. The third kappa shape index (κ3) is 2.52. The molecule has 0 spiro atoms. The van der Waals surface area contributed by atoms with Crippen LogP contribution in [-0.2, 0) is 4.74 Å². The molecule has 108 valence electrons. The zero-order valence-electron chi connectivity index (χ0n) is 12.0. The first kappa shape index (κ1) is 13.4. The molecule has 3 heterocycles. The summed E-state index contributed by atoms with van der Waals surface area (Å²) in [7, 11) is 1.60. The number of aryl methyl sites for hydroxylation is 1. The highest BCUT2D eigenvalue weighted by molar-refractivity contribution is 5.96. The summed E-state index contributed by atoms with van der Waals surface area (Å²) < 4.78 is 5.27. The number of H-pyrrole nitrogens is 1. The minimum absolute atomic E-state index is 0.0663. The highest BCUT2D eigenvalue weighted by Gasteiger charge is 2.23. The third-order valence-corrected chi connectivity index (χ3v) is 3.46. The quantitative estimate of drug-likeness (QED) is 0.898. The van der Waals surface area contributed by atoms with Crippen molar-refractivity contribution in [1.29, 1.82) is 0 Å². The maximum absolute atomic E-state index is 5.81. The number of hydrogen-bond donors (Lipinski definition) is 2. The minimum atomic E-state index is 0.0663. The molecule has 2 aromatic rings. The van der Waals surface area contributed by atoms with Crippen molar-refractivity contribution in [3.8, 4) is 11.3 Å². The third-order valence-electron chi connectivity index (χ3n) is 3.46. The molecular formula is C15H17N5O. The van der Waals surface area contributed by atoms with E-state index in [-0.39, 0.29) is 5.92 Å². The van der Waals surface area contributed by atoms with E-state index in [0.717, 1.165) is 22.8 Å². The smallest absolute Gasteiger partial charge is 0.161 e. The monoisotopic (exact) mass is 283 g/mol. The number of ether oxygens (including phenoxy) is 1. The van der Waals surface area contributed by atoms with Crippen molar-refractivity contribution in [3.63, 3.8) is 0 Å². The molecule has 2 aromatic heterocycles.